The molecule has 1 fully saturated rings. The maximum atomic E-state index is 14.7. The third-order valence-electron chi connectivity index (χ3n) is 6.88. The number of halogens is 2. The molecule has 1 aliphatic heterocycles. The Morgan fingerprint density at radius 2 is 1.65 bits per heavy atom. The summed E-state index contributed by atoms with van der Waals surface area (Å²) in [5.41, 5.74) is -0.114. The van der Waals surface area contributed by atoms with Gasteiger partial charge in [-0.1, -0.05) is 39.0 Å². The van der Waals surface area contributed by atoms with E-state index in [0.717, 1.165) is 51.0 Å². The summed E-state index contributed by atoms with van der Waals surface area (Å²) >= 11 is 0. The molecule has 0 aliphatic carbocycles. The predicted molar refractivity (Wildman–Crippen MR) is 138 cm³/mol. The molecule has 37 heavy (non-hydrogen) atoms. The van der Waals surface area contributed by atoms with Crippen molar-refractivity contribution in [1.82, 2.24) is 24.6 Å². The summed E-state index contributed by atoms with van der Waals surface area (Å²) in [6.45, 7) is 11.5. The van der Waals surface area contributed by atoms with E-state index in [0.29, 0.717) is 6.61 Å². The molecule has 4 rings (SSSR count). The molecule has 2 heterocycles. The summed E-state index contributed by atoms with van der Waals surface area (Å²) in [5, 5.41) is 15.6. The van der Waals surface area contributed by atoms with Crippen LogP contribution in [0.5, 0.6) is 5.75 Å². The van der Waals surface area contributed by atoms with Crippen molar-refractivity contribution < 1.29 is 18.6 Å². The predicted octanol–water partition coefficient (Wildman–Crippen LogP) is 3.83. The van der Waals surface area contributed by atoms with Gasteiger partial charge in [0.2, 0.25) is 0 Å². The number of aliphatic hydroxyl groups is 1. The Morgan fingerprint density at radius 3 is 2.27 bits per heavy atom. The van der Waals surface area contributed by atoms with Crippen LogP contribution in [0.4, 0.5) is 8.78 Å². The first-order valence-corrected chi connectivity index (χ1v) is 12.8. The van der Waals surface area contributed by atoms with E-state index in [1.54, 1.807) is 0 Å². The molecule has 1 unspecified atom stereocenters. The molecule has 1 saturated heterocycles. The fourth-order valence-electron chi connectivity index (χ4n) is 4.74. The molecule has 0 spiro atoms. The van der Waals surface area contributed by atoms with Crippen LogP contribution in [-0.4, -0.2) is 75.5 Å². The molecule has 0 radical (unpaired) electrons. The third-order valence-corrected chi connectivity index (χ3v) is 6.88. The summed E-state index contributed by atoms with van der Waals surface area (Å²) in [4.78, 5) is 8.41. The van der Waals surface area contributed by atoms with Crippen LogP contribution in [0.25, 0.3) is 0 Å². The molecule has 0 amide bonds. The number of nitrogens with zero attached hydrogens (tertiary/aromatic N) is 5. The number of ether oxygens (including phenoxy) is 1. The van der Waals surface area contributed by atoms with Gasteiger partial charge in [-0.25, -0.2) is 18.4 Å². The van der Waals surface area contributed by atoms with Gasteiger partial charge in [0.1, 0.15) is 35.6 Å². The van der Waals surface area contributed by atoms with Crippen LogP contribution in [0.3, 0.4) is 0 Å². The molecular formula is C28H37F2N5O2. The number of hydrogen-bond acceptors (Lipinski definition) is 6. The average molecular weight is 514 g/mol. The molecule has 200 valence electrons. The van der Waals surface area contributed by atoms with E-state index in [-0.39, 0.29) is 24.1 Å². The second kappa shape index (κ2) is 11.7. The molecule has 0 bridgehead atoms. The number of rotatable bonds is 10. The first kappa shape index (κ1) is 27.2. The van der Waals surface area contributed by atoms with Crippen molar-refractivity contribution in [3.05, 3.63) is 77.9 Å². The molecule has 3 aromatic rings. The zero-order valence-corrected chi connectivity index (χ0v) is 21.9. The SMILES string of the molecule is CC(C)(C)c1ccc(OCCCN2CCN(CC(O)(Cn3cncn3)c3ccc(F)cc3F)CC2)cc1. The van der Waals surface area contributed by atoms with Crippen molar-refractivity contribution >= 4 is 0 Å². The summed E-state index contributed by atoms with van der Waals surface area (Å²) in [5.74, 6) is -0.560. The van der Waals surface area contributed by atoms with Crippen molar-refractivity contribution in [3.8, 4) is 5.75 Å². The molecule has 7 nitrogen and oxygen atoms in total. The van der Waals surface area contributed by atoms with Crippen molar-refractivity contribution in [2.75, 3.05) is 45.9 Å². The van der Waals surface area contributed by atoms with Gasteiger partial charge < -0.3 is 14.7 Å². The minimum Gasteiger partial charge on any atom is -0.494 e. The van der Waals surface area contributed by atoms with Crippen molar-refractivity contribution in [2.45, 2.75) is 44.8 Å². The van der Waals surface area contributed by atoms with Crippen LogP contribution in [0.1, 0.15) is 38.3 Å². The first-order valence-electron chi connectivity index (χ1n) is 12.8. The van der Waals surface area contributed by atoms with Crippen LogP contribution >= 0.6 is 0 Å². The monoisotopic (exact) mass is 513 g/mol. The fraction of sp³-hybridized carbons (Fsp3) is 0.500. The number of β-amino-alcohol motifs (C(OH)–C–C–N with tert-alkyl or cyclic N) is 1. The highest BCUT2D eigenvalue weighted by atomic mass is 19.1. The smallest absolute Gasteiger partial charge is 0.137 e. The van der Waals surface area contributed by atoms with Gasteiger partial charge in [0.05, 0.1) is 13.2 Å². The molecule has 2 aromatic carbocycles. The van der Waals surface area contributed by atoms with E-state index >= 15 is 0 Å². The first-order chi connectivity index (χ1) is 17.6. The van der Waals surface area contributed by atoms with E-state index in [1.807, 2.05) is 12.1 Å². The Labute approximate surface area is 217 Å². The second-order valence-corrected chi connectivity index (χ2v) is 10.8. The zero-order valence-electron chi connectivity index (χ0n) is 21.9. The Hall–Kier alpha value is -2.88. The van der Waals surface area contributed by atoms with Crippen molar-refractivity contribution in [2.24, 2.45) is 0 Å². The number of hydrogen-bond donors (Lipinski definition) is 1. The summed E-state index contributed by atoms with van der Waals surface area (Å²) < 4.78 is 35.6. The molecular weight excluding hydrogens is 476 g/mol. The van der Waals surface area contributed by atoms with E-state index in [2.05, 4.69) is 52.8 Å². The maximum Gasteiger partial charge on any atom is 0.137 e. The van der Waals surface area contributed by atoms with Crippen LogP contribution in [0.2, 0.25) is 0 Å². The molecule has 9 heteroatoms. The Bertz CT molecular complexity index is 1130. The van der Waals surface area contributed by atoms with Gasteiger partial charge in [-0.2, -0.15) is 5.10 Å². The summed E-state index contributed by atoms with van der Waals surface area (Å²) in [7, 11) is 0. The Morgan fingerprint density at radius 1 is 0.946 bits per heavy atom. The molecule has 1 aliphatic rings. The fourth-order valence-corrected chi connectivity index (χ4v) is 4.74. The zero-order chi connectivity index (χ0) is 26.5. The van der Waals surface area contributed by atoms with Gasteiger partial charge in [0, 0.05) is 50.9 Å². The number of piperazine rings is 1. The van der Waals surface area contributed by atoms with Crippen LogP contribution in [0, 0.1) is 11.6 Å². The lowest BCUT2D eigenvalue weighted by Gasteiger charge is -2.39. The van der Waals surface area contributed by atoms with Gasteiger partial charge in [0.25, 0.3) is 0 Å². The van der Waals surface area contributed by atoms with Crippen LogP contribution in [0.15, 0.2) is 55.1 Å². The maximum absolute atomic E-state index is 14.7. The average Bonchev–Trinajstić information content (AvgIpc) is 3.35. The summed E-state index contributed by atoms with van der Waals surface area (Å²) in [6.07, 6.45) is 3.76. The topological polar surface area (TPSA) is 66.7 Å². The molecule has 1 aromatic heterocycles. The van der Waals surface area contributed by atoms with Gasteiger partial charge in [-0.3, -0.25) is 4.90 Å². The Balaban J connectivity index is 1.26. The number of aromatic nitrogens is 3. The highest BCUT2D eigenvalue weighted by Crippen LogP contribution is 2.28. The normalized spacial score (nSPS) is 17.0. The lowest BCUT2D eigenvalue weighted by atomic mass is 9.87. The quantitative estimate of drug-likeness (QED) is 0.416. The second-order valence-electron chi connectivity index (χ2n) is 10.8. The third kappa shape index (κ3) is 7.34. The van der Waals surface area contributed by atoms with Crippen molar-refractivity contribution in [1.29, 1.82) is 0 Å². The van der Waals surface area contributed by atoms with Crippen LogP contribution < -0.4 is 4.74 Å². The van der Waals surface area contributed by atoms with Crippen LogP contribution in [-0.2, 0) is 17.6 Å². The standard InChI is InChI=1S/C28H37F2N5O2/c1-27(2,3)22-5-8-24(9-6-22)37-16-4-11-33-12-14-34(15-13-33)18-28(36,19-35-21-31-20-32-35)25-10-7-23(29)17-26(25)30/h5-10,17,20-21,36H,4,11-16,18-19H2,1-3H3. The van der Waals surface area contributed by atoms with Gasteiger partial charge in [0.15, 0.2) is 0 Å². The van der Waals surface area contributed by atoms with E-state index in [9.17, 15) is 13.9 Å². The molecule has 1 N–H and O–H groups in total. The van der Waals surface area contributed by atoms with Gasteiger partial charge in [-0.15, -0.1) is 0 Å². The van der Waals surface area contributed by atoms with Gasteiger partial charge >= 0.3 is 0 Å². The molecule has 1 atom stereocenters. The largest absolute Gasteiger partial charge is 0.494 e. The van der Waals surface area contributed by atoms with Crippen molar-refractivity contribution in [3.63, 3.8) is 0 Å². The highest BCUT2D eigenvalue weighted by molar-refractivity contribution is 5.31. The van der Waals surface area contributed by atoms with E-state index in [1.165, 1.54) is 35.0 Å². The minimum atomic E-state index is -1.58. The number of benzene rings is 2. The summed E-state index contributed by atoms with van der Waals surface area (Å²) in [6, 6.07) is 11.6. The molecule has 0 saturated carbocycles. The van der Waals surface area contributed by atoms with E-state index < -0.39 is 17.2 Å². The lowest BCUT2D eigenvalue weighted by Crippen LogP contribution is -2.52. The van der Waals surface area contributed by atoms with E-state index in [4.69, 9.17) is 4.74 Å². The lowest BCUT2D eigenvalue weighted by molar-refractivity contribution is -0.0320. The minimum absolute atomic E-state index is 0.0177. The highest BCUT2D eigenvalue weighted by Gasteiger charge is 2.36. The Kier molecular flexibility index (Phi) is 8.56. The van der Waals surface area contributed by atoms with Gasteiger partial charge in [-0.05, 0) is 35.6 Å².